The molecular weight excluding hydrogens is 416 g/mol. The second-order valence-corrected chi connectivity index (χ2v) is 9.72. The van der Waals surface area contributed by atoms with Crippen molar-refractivity contribution in [3.05, 3.63) is 59.9 Å². The lowest BCUT2D eigenvalue weighted by molar-refractivity contribution is -0.113. The van der Waals surface area contributed by atoms with E-state index in [0.29, 0.717) is 17.2 Å². The van der Waals surface area contributed by atoms with E-state index in [0.717, 1.165) is 31.4 Å². The van der Waals surface area contributed by atoms with Crippen LogP contribution in [0.15, 0.2) is 48.7 Å². The normalized spacial score (nSPS) is 18.9. The van der Waals surface area contributed by atoms with Crippen LogP contribution < -0.4 is 15.4 Å². The Bertz CT molecular complexity index is 1000. The van der Waals surface area contributed by atoms with Crippen LogP contribution in [0, 0.1) is 5.92 Å². The SMILES string of the molecule is CC1CCC(NS(=O)(=O)CC(=O)Nc2cccc(C(=O)NCc3ccccn3)c2)CC1. The van der Waals surface area contributed by atoms with Crippen LogP contribution in [0.1, 0.15) is 48.7 Å². The Balaban J connectivity index is 1.52. The Morgan fingerprint density at radius 2 is 1.84 bits per heavy atom. The second-order valence-electron chi connectivity index (χ2n) is 7.97. The van der Waals surface area contributed by atoms with Crippen molar-refractivity contribution in [1.29, 1.82) is 0 Å². The number of rotatable bonds is 8. The van der Waals surface area contributed by atoms with E-state index in [1.165, 1.54) is 6.07 Å². The van der Waals surface area contributed by atoms with Gasteiger partial charge in [-0.15, -0.1) is 0 Å². The van der Waals surface area contributed by atoms with Gasteiger partial charge in [-0.1, -0.05) is 19.1 Å². The van der Waals surface area contributed by atoms with E-state index in [2.05, 4.69) is 27.3 Å². The van der Waals surface area contributed by atoms with E-state index in [-0.39, 0.29) is 18.5 Å². The van der Waals surface area contributed by atoms with Crippen molar-refractivity contribution >= 4 is 27.5 Å². The first kappa shape index (κ1) is 22.9. The summed E-state index contributed by atoms with van der Waals surface area (Å²) < 4.78 is 27.3. The molecule has 1 saturated carbocycles. The third-order valence-electron chi connectivity index (χ3n) is 5.25. The lowest BCUT2D eigenvalue weighted by Gasteiger charge is -2.26. The molecule has 0 spiro atoms. The Labute approximate surface area is 182 Å². The van der Waals surface area contributed by atoms with Gasteiger partial charge in [0.1, 0.15) is 5.75 Å². The number of sulfonamides is 1. The topological polar surface area (TPSA) is 117 Å². The van der Waals surface area contributed by atoms with Gasteiger partial charge >= 0.3 is 0 Å². The molecule has 1 aliphatic rings. The maximum atomic E-state index is 12.4. The molecule has 3 rings (SSSR count). The number of pyridine rings is 1. The lowest BCUT2D eigenvalue weighted by Crippen LogP contribution is -2.41. The zero-order valence-corrected chi connectivity index (χ0v) is 18.3. The standard InChI is InChI=1S/C22H28N4O4S/c1-16-8-10-18(11-9-16)26-31(29,30)15-21(27)25-19-7-4-5-17(13-19)22(28)24-14-20-6-2-3-12-23-20/h2-7,12-13,16,18,26H,8-11,14-15H2,1H3,(H,24,28)(H,25,27). The van der Waals surface area contributed by atoms with Crippen LogP contribution in [0.4, 0.5) is 5.69 Å². The Morgan fingerprint density at radius 3 is 2.55 bits per heavy atom. The quantitative estimate of drug-likeness (QED) is 0.578. The summed E-state index contributed by atoms with van der Waals surface area (Å²) in [7, 11) is -3.73. The van der Waals surface area contributed by atoms with Gasteiger partial charge < -0.3 is 10.6 Å². The van der Waals surface area contributed by atoms with Crippen LogP contribution in [0.25, 0.3) is 0 Å². The van der Waals surface area contributed by atoms with Crippen LogP contribution in [-0.4, -0.2) is 37.0 Å². The monoisotopic (exact) mass is 444 g/mol. The first-order chi connectivity index (χ1) is 14.8. The van der Waals surface area contributed by atoms with Crippen LogP contribution in [0.3, 0.4) is 0 Å². The molecule has 1 heterocycles. The average molecular weight is 445 g/mol. The maximum Gasteiger partial charge on any atom is 0.251 e. The Morgan fingerprint density at radius 1 is 1.06 bits per heavy atom. The molecule has 0 aliphatic heterocycles. The molecule has 0 bridgehead atoms. The average Bonchev–Trinajstić information content (AvgIpc) is 2.74. The number of hydrogen-bond donors (Lipinski definition) is 3. The fraction of sp³-hybridized carbons (Fsp3) is 0.409. The summed E-state index contributed by atoms with van der Waals surface area (Å²) in [5, 5.41) is 5.32. The van der Waals surface area contributed by atoms with E-state index < -0.39 is 21.7 Å². The highest BCUT2D eigenvalue weighted by atomic mass is 32.2. The summed E-state index contributed by atoms with van der Waals surface area (Å²) in [6.45, 7) is 2.44. The maximum absolute atomic E-state index is 12.4. The summed E-state index contributed by atoms with van der Waals surface area (Å²) in [4.78, 5) is 28.8. The third-order valence-corrected chi connectivity index (χ3v) is 6.58. The molecule has 1 aliphatic carbocycles. The molecule has 1 fully saturated rings. The molecular formula is C22H28N4O4S. The molecule has 0 saturated heterocycles. The molecule has 1 aromatic heterocycles. The van der Waals surface area contributed by atoms with Crippen LogP contribution in [0.5, 0.6) is 0 Å². The minimum atomic E-state index is -3.73. The Kier molecular flexibility index (Phi) is 7.75. The highest BCUT2D eigenvalue weighted by molar-refractivity contribution is 7.90. The Hall–Kier alpha value is -2.78. The molecule has 166 valence electrons. The number of carbonyl (C=O) groups excluding carboxylic acids is 2. The molecule has 9 heteroatoms. The molecule has 3 N–H and O–H groups in total. The van der Waals surface area contributed by atoms with Crippen LogP contribution >= 0.6 is 0 Å². The zero-order valence-electron chi connectivity index (χ0n) is 17.5. The van der Waals surface area contributed by atoms with Gasteiger partial charge in [0.25, 0.3) is 5.91 Å². The van der Waals surface area contributed by atoms with E-state index >= 15 is 0 Å². The summed E-state index contributed by atoms with van der Waals surface area (Å²) in [5.74, 6) is -1.02. The number of nitrogens with zero attached hydrogens (tertiary/aromatic N) is 1. The summed E-state index contributed by atoms with van der Waals surface area (Å²) in [6, 6.07) is 11.7. The van der Waals surface area contributed by atoms with Crippen molar-refractivity contribution < 1.29 is 18.0 Å². The van der Waals surface area contributed by atoms with Crippen LogP contribution in [0.2, 0.25) is 0 Å². The van der Waals surface area contributed by atoms with Gasteiger partial charge in [-0.2, -0.15) is 0 Å². The molecule has 0 atom stereocenters. The highest BCUT2D eigenvalue weighted by Gasteiger charge is 2.24. The summed E-state index contributed by atoms with van der Waals surface area (Å²) in [6.07, 6.45) is 5.19. The largest absolute Gasteiger partial charge is 0.346 e. The molecule has 31 heavy (non-hydrogen) atoms. The molecule has 1 aromatic carbocycles. The van der Waals surface area contributed by atoms with Crippen molar-refractivity contribution in [3.63, 3.8) is 0 Å². The summed E-state index contributed by atoms with van der Waals surface area (Å²) in [5.41, 5.74) is 1.44. The van der Waals surface area contributed by atoms with E-state index in [1.807, 2.05) is 6.07 Å². The number of carbonyl (C=O) groups is 2. The smallest absolute Gasteiger partial charge is 0.251 e. The number of anilines is 1. The van der Waals surface area contributed by atoms with E-state index in [1.54, 1.807) is 36.5 Å². The highest BCUT2D eigenvalue weighted by Crippen LogP contribution is 2.23. The van der Waals surface area contributed by atoms with Crippen molar-refractivity contribution in [2.24, 2.45) is 5.92 Å². The molecule has 2 amide bonds. The first-order valence-electron chi connectivity index (χ1n) is 10.4. The molecule has 2 aromatic rings. The first-order valence-corrected chi connectivity index (χ1v) is 12.0. The van der Waals surface area contributed by atoms with Crippen molar-refractivity contribution in [3.8, 4) is 0 Å². The molecule has 0 unspecified atom stereocenters. The number of amides is 2. The van der Waals surface area contributed by atoms with Gasteiger partial charge in [0, 0.05) is 23.5 Å². The fourth-order valence-electron chi connectivity index (χ4n) is 3.56. The minimum Gasteiger partial charge on any atom is -0.346 e. The van der Waals surface area contributed by atoms with Gasteiger partial charge in [-0.05, 0) is 61.9 Å². The predicted octanol–water partition coefficient (Wildman–Crippen LogP) is 2.45. The van der Waals surface area contributed by atoms with E-state index in [4.69, 9.17) is 0 Å². The van der Waals surface area contributed by atoms with Gasteiger partial charge in [0.2, 0.25) is 15.9 Å². The van der Waals surface area contributed by atoms with Crippen molar-refractivity contribution in [1.82, 2.24) is 15.0 Å². The molecule has 0 radical (unpaired) electrons. The number of hydrogen-bond acceptors (Lipinski definition) is 5. The fourth-order valence-corrected chi connectivity index (χ4v) is 4.80. The number of aromatic nitrogens is 1. The van der Waals surface area contributed by atoms with Gasteiger partial charge in [-0.25, -0.2) is 13.1 Å². The third kappa shape index (κ3) is 7.45. The lowest BCUT2D eigenvalue weighted by atomic mass is 9.88. The van der Waals surface area contributed by atoms with E-state index in [9.17, 15) is 18.0 Å². The van der Waals surface area contributed by atoms with Gasteiger partial charge in [0.15, 0.2) is 0 Å². The number of benzene rings is 1. The molecule has 8 nitrogen and oxygen atoms in total. The summed E-state index contributed by atoms with van der Waals surface area (Å²) >= 11 is 0. The van der Waals surface area contributed by atoms with Crippen molar-refractivity contribution in [2.75, 3.05) is 11.1 Å². The van der Waals surface area contributed by atoms with Crippen molar-refractivity contribution in [2.45, 2.75) is 45.2 Å². The van der Waals surface area contributed by atoms with Gasteiger partial charge in [0.05, 0.1) is 12.2 Å². The van der Waals surface area contributed by atoms with Gasteiger partial charge in [-0.3, -0.25) is 14.6 Å². The minimum absolute atomic E-state index is 0.111. The second kappa shape index (κ2) is 10.5. The predicted molar refractivity (Wildman–Crippen MR) is 119 cm³/mol. The number of nitrogens with one attached hydrogen (secondary N) is 3. The van der Waals surface area contributed by atoms with Crippen LogP contribution in [-0.2, 0) is 21.4 Å². The zero-order chi connectivity index (χ0) is 22.3.